The monoisotopic (exact) mass is 448 g/mol. The Kier molecular flexibility index (Phi) is 7.36. The smallest absolute Gasteiger partial charge is 0.260 e. The lowest BCUT2D eigenvalue weighted by molar-refractivity contribution is -0.145. The van der Waals surface area contributed by atoms with Gasteiger partial charge in [0.15, 0.2) is 6.61 Å². The Hall–Kier alpha value is -2.82. The summed E-state index contributed by atoms with van der Waals surface area (Å²) < 4.78 is 5.62. The fourth-order valence-corrected chi connectivity index (χ4v) is 5.37. The molecule has 176 valence electrons. The molecule has 0 bridgehead atoms. The van der Waals surface area contributed by atoms with Crippen LogP contribution in [0, 0.1) is 11.3 Å². The first kappa shape index (κ1) is 23.3. The Morgan fingerprint density at radius 1 is 0.970 bits per heavy atom. The highest BCUT2D eigenvalue weighted by Gasteiger charge is 2.42. The number of likely N-dealkylation sites (tertiary alicyclic amines) is 1. The predicted octanol–water partition coefficient (Wildman–Crippen LogP) is 4.91. The number of ether oxygens (including phenoxy) is 1. The number of piperidine rings is 1. The van der Waals surface area contributed by atoms with E-state index >= 15 is 0 Å². The molecule has 2 aromatic rings. The summed E-state index contributed by atoms with van der Waals surface area (Å²) in [6, 6.07) is 20.0. The van der Waals surface area contributed by atoms with Gasteiger partial charge in [-0.1, -0.05) is 68.8 Å². The summed E-state index contributed by atoms with van der Waals surface area (Å²) in [6.07, 6.45) is 4.83. The third-order valence-corrected chi connectivity index (χ3v) is 7.36. The molecule has 1 aliphatic carbocycles. The van der Waals surface area contributed by atoms with Crippen molar-refractivity contribution in [1.29, 1.82) is 0 Å². The number of benzene rings is 2. The van der Waals surface area contributed by atoms with Gasteiger partial charge in [0.05, 0.1) is 0 Å². The minimum atomic E-state index is -0.0239. The standard InChI is InChI=1S/C28H36N2O3/c1-28(2)17-9-14-25(28)30(20-22-10-5-3-6-11-22)27(32)23-15-18-29(19-16-23)26(31)21-33-24-12-7-4-8-13-24/h3-8,10-13,23,25H,9,14-21H2,1-2H3. The molecular weight excluding hydrogens is 412 g/mol. The van der Waals surface area contributed by atoms with Crippen molar-refractivity contribution in [3.05, 3.63) is 66.2 Å². The lowest BCUT2D eigenvalue weighted by Crippen LogP contribution is -2.50. The molecule has 5 heteroatoms. The van der Waals surface area contributed by atoms with Gasteiger partial charge in [0, 0.05) is 31.6 Å². The van der Waals surface area contributed by atoms with E-state index in [2.05, 4.69) is 30.9 Å². The maximum absolute atomic E-state index is 13.8. The lowest BCUT2D eigenvalue weighted by Gasteiger charge is -2.41. The van der Waals surface area contributed by atoms with Crippen molar-refractivity contribution < 1.29 is 14.3 Å². The van der Waals surface area contributed by atoms with E-state index in [4.69, 9.17) is 4.74 Å². The molecule has 0 spiro atoms. The SMILES string of the molecule is CC1(C)CCCC1N(Cc1ccccc1)C(=O)C1CCN(C(=O)COc2ccccc2)CC1. The van der Waals surface area contributed by atoms with Crippen molar-refractivity contribution in [2.75, 3.05) is 19.7 Å². The quantitative estimate of drug-likeness (QED) is 0.605. The molecule has 1 atom stereocenters. The van der Waals surface area contributed by atoms with Crippen molar-refractivity contribution in [3.8, 4) is 5.75 Å². The average molecular weight is 449 g/mol. The van der Waals surface area contributed by atoms with Crippen LogP contribution in [0.4, 0.5) is 0 Å². The van der Waals surface area contributed by atoms with Gasteiger partial charge >= 0.3 is 0 Å². The highest BCUT2D eigenvalue weighted by atomic mass is 16.5. The average Bonchev–Trinajstić information content (AvgIpc) is 3.20. The topological polar surface area (TPSA) is 49.9 Å². The summed E-state index contributed by atoms with van der Waals surface area (Å²) in [5.41, 5.74) is 1.31. The van der Waals surface area contributed by atoms with Crippen LogP contribution in [0.5, 0.6) is 5.75 Å². The predicted molar refractivity (Wildman–Crippen MR) is 130 cm³/mol. The molecule has 0 radical (unpaired) electrons. The van der Waals surface area contributed by atoms with Crippen LogP contribution < -0.4 is 4.74 Å². The van der Waals surface area contributed by atoms with Crippen LogP contribution in [0.3, 0.4) is 0 Å². The number of amides is 2. The fourth-order valence-electron chi connectivity index (χ4n) is 5.37. The number of nitrogens with zero attached hydrogens (tertiary/aromatic N) is 2. The number of para-hydroxylation sites is 1. The van der Waals surface area contributed by atoms with Crippen molar-refractivity contribution in [2.24, 2.45) is 11.3 Å². The fraction of sp³-hybridized carbons (Fsp3) is 0.500. The first-order chi connectivity index (χ1) is 15.9. The third-order valence-electron chi connectivity index (χ3n) is 7.36. The van der Waals surface area contributed by atoms with Crippen molar-refractivity contribution in [2.45, 2.75) is 58.5 Å². The van der Waals surface area contributed by atoms with E-state index in [9.17, 15) is 9.59 Å². The molecule has 1 saturated carbocycles. The molecular formula is C28H36N2O3. The van der Waals surface area contributed by atoms with Crippen LogP contribution >= 0.6 is 0 Å². The van der Waals surface area contributed by atoms with E-state index < -0.39 is 0 Å². The van der Waals surface area contributed by atoms with Gasteiger partial charge in [-0.05, 0) is 48.8 Å². The molecule has 1 aliphatic heterocycles. The van der Waals surface area contributed by atoms with E-state index in [0.717, 1.165) is 12.8 Å². The number of hydrogen-bond donors (Lipinski definition) is 0. The molecule has 1 saturated heterocycles. The van der Waals surface area contributed by atoms with Gasteiger partial charge < -0.3 is 14.5 Å². The van der Waals surface area contributed by atoms with E-state index in [1.165, 1.54) is 12.0 Å². The maximum atomic E-state index is 13.8. The second kappa shape index (κ2) is 10.4. The van der Waals surface area contributed by atoms with Crippen molar-refractivity contribution >= 4 is 11.8 Å². The lowest BCUT2D eigenvalue weighted by atomic mass is 9.84. The summed E-state index contributed by atoms with van der Waals surface area (Å²) in [7, 11) is 0. The first-order valence-corrected chi connectivity index (χ1v) is 12.2. The number of carbonyl (C=O) groups excluding carboxylic acids is 2. The van der Waals surface area contributed by atoms with E-state index in [-0.39, 0.29) is 35.8 Å². The second-order valence-electron chi connectivity index (χ2n) is 10.1. The van der Waals surface area contributed by atoms with Crippen LogP contribution in [0.15, 0.2) is 60.7 Å². The molecule has 0 N–H and O–H groups in total. The maximum Gasteiger partial charge on any atom is 0.260 e. The van der Waals surface area contributed by atoms with Gasteiger partial charge in [-0.2, -0.15) is 0 Å². The molecule has 4 rings (SSSR count). The van der Waals surface area contributed by atoms with Gasteiger partial charge in [-0.3, -0.25) is 9.59 Å². The number of hydrogen-bond acceptors (Lipinski definition) is 3. The Bertz CT molecular complexity index is 921. The Morgan fingerprint density at radius 2 is 1.61 bits per heavy atom. The summed E-state index contributed by atoms with van der Waals surface area (Å²) in [4.78, 5) is 30.4. The second-order valence-corrected chi connectivity index (χ2v) is 10.1. The number of carbonyl (C=O) groups is 2. The molecule has 2 aliphatic rings. The molecule has 2 amide bonds. The van der Waals surface area contributed by atoms with Gasteiger partial charge in [-0.25, -0.2) is 0 Å². The normalized spacial score (nSPS) is 20.4. The van der Waals surface area contributed by atoms with E-state index in [1.807, 2.05) is 53.4 Å². The molecule has 1 heterocycles. The molecule has 5 nitrogen and oxygen atoms in total. The van der Waals surface area contributed by atoms with Crippen LogP contribution in [0.2, 0.25) is 0 Å². The van der Waals surface area contributed by atoms with Gasteiger partial charge in [0.1, 0.15) is 5.75 Å². The minimum Gasteiger partial charge on any atom is -0.484 e. The van der Waals surface area contributed by atoms with Crippen LogP contribution in [0.1, 0.15) is 51.5 Å². The Morgan fingerprint density at radius 3 is 2.21 bits per heavy atom. The van der Waals surface area contributed by atoms with E-state index in [1.54, 1.807) is 0 Å². The largest absolute Gasteiger partial charge is 0.484 e. The first-order valence-electron chi connectivity index (χ1n) is 12.2. The molecule has 33 heavy (non-hydrogen) atoms. The highest BCUT2D eigenvalue weighted by molar-refractivity contribution is 5.81. The Balaban J connectivity index is 1.37. The zero-order valence-electron chi connectivity index (χ0n) is 19.9. The molecule has 2 aromatic carbocycles. The summed E-state index contributed by atoms with van der Waals surface area (Å²) in [5.74, 6) is 0.921. The van der Waals surface area contributed by atoms with Crippen LogP contribution in [-0.2, 0) is 16.1 Å². The van der Waals surface area contributed by atoms with Gasteiger partial charge in [-0.15, -0.1) is 0 Å². The van der Waals surface area contributed by atoms with Crippen molar-refractivity contribution in [3.63, 3.8) is 0 Å². The van der Waals surface area contributed by atoms with Gasteiger partial charge in [0.2, 0.25) is 5.91 Å². The summed E-state index contributed by atoms with van der Waals surface area (Å²) in [6.45, 7) is 6.52. The van der Waals surface area contributed by atoms with Crippen molar-refractivity contribution in [1.82, 2.24) is 9.80 Å². The third kappa shape index (κ3) is 5.76. The number of rotatable bonds is 7. The summed E-state index contributed by atoms with van der Waals surface area (Å²) >= 11 is 0. The van der Waals surface area contributed by atoms with E-state index in [0.29, 0.717) is 38.2 Å². The molecule has 1 unspecified atom stereocenters. The van der Waals surface area contributed by atoms with Crippen LogP contribution in [-0.4, -0.2) is 47.4 Å². The molecule has 0 aromatic heterocycles. The van der Waals surface area contributed by atoms with Crippen LogP contribution in [0.25, 0.3) is 0 Å². The Labute approximate surface area is 197 Å². The summed E-state index contributed by atoms with van der Waals surface area (Å²) in [5, 5.41) is 0. The zero-order chi connectivity index (χ0) is 23.3. The molecule has 2 fully saturated rings. The minimum absolute atomic E-state index is 0.0113. The zero-order valence-corrected chi connectivity index (χ0v) is 19.9. The highest BCUT2D eigenvalue weighted by Crippen LogP contribution is 2.42. The van der Waals surface area contributed by atoms with Gasteiger partial charge in [0.25, 0.3) is 5.91 Å².